The first-order valence-corrected chi connectivity index (χ1v) is 38.8. The number of carbonyl (C=O) groups is 1. The molecule has 0 aliphatic rings. The van der Waals surface area contributed by atoms with Crippen LogP contribution in [0.2, 0.25) is 0 Å². The average molecular weight is 1230 g/mol. The first-order chi connectivity index (χ1) is 42.0. The number of quaternary nitrogens is 1. The van der Waals surface area contributed by atoms with Gasteiger partial charge in [-0.25, -0.2) is 4.57 Å². The Morgan fingerprint density at radius 2 is 0.698 bits per heavy atom. The minimum absolute atomic E-state index is 0.0744. The van der Waals surface area contributed by atoms with E-state index < -0.39 is 20.0 Å². The summed E-state index contributed by atoms with van der Waals surface area (Å²) in [6.07, 6.45) is 94.5. The molecule has 9 heteroatoms. The molecule has 0 fully saturated rings. The van der Waals surface area contributed by atoms with Crippen molar-refractivity contribution in [3.63, 3.8) is 0 Å². The lowest BCUT2D eigenvalue weighted by Crippen LogP contribution is -2.46. The predicted molar refractivity (Wildman–Crippen MR) is 378 cm³/mol. The first kappa shape index (κ1) is 83.9. The number of nitrogens with zero attached hydrogens (tertiary/aromatic N) is 1. The van der Waals surface area contributed by atoms with Crippen LogP contribution < -0.4 is 5.32 Å². The summed E-state index contributed by atoms with van der Waals surface area (Å²) in [7, 11) is 1.63. The zero-order valence-electron chi connectivity index (χ0n) is 57.8. The number of aliphatic hydroxyl groups excluding tert-OH is 1. The van der Waals surface area contributed by atoms with Gasteiger partial charge in [0.15, 0.2) is 0 Å². The van der Waals surface area contributed by atoms with Crippen LogP contribution in [0, 0.1) is 0 Å². The minimum Gasteiger partial charge on any atom is -0.391 e. The van der Waals surface area contributed by atoms with Crippen molar-refractivity contribution in [2.75, 3.05) is 40.9 Å². The van der Waals surface area contributed by atoms with Crippen molar-refractivity contribution in [2.45, 2.75) is 373 Å². The van der Waals surface area contributed by atoms with Gasteiger partial charge in [-0.2, -0.15) is 0 Å². The van der Waals surface area contributed by atoms with E-state index in [-0.39, 0.29) is 19.1 Å². The molecule has 0 aromatic heterocycles. The van der Waals surface area contributed by atoms with Gasteiger partial charge in [0.05, 0.1) is 39.9 Å². The lowest BCUT2D eigenvalue weighted by Gasteiger charge is -2.26. The molecule has 3 N–H and O–H groups in total. The van der Waals surface area contributed by atoms with E-state index in [2.05, 4.69) is 92.1 Å². The van der Waals surface area contributed by atoms with Crippen LogP contribution in [0.1, 0.15) is 361 Å². The molecule has 504 valence electrons. The zero-order valence-corrected chi connectivity index (χ0v) is 58.7. The lowest BCUT2D eigenvalue weighted by molar-refractivity contribution is -0.870. The normalized spacial score (nSPS) is 14.0. The molecule has 0 heterocycles. The van der Waals surface area contributed by atoms with E-state index in [1.807, 2.05) is 21.1 Å². The number of rotatable bonds is 69. The van der Waals surface area contributed by atoms with Crippen molar-refractivity contribution in [2.24, 2.45) is 0 Å². The molecule has 0 rings (SSSR count). The van der Waals surface area contributed by atoms with E-state index >= 15 is 0 Å². The third-order valence-corrected chi connectivity index (χ3v) is 18.0. The standard InChI is InChI=1S/C77H145N2O6P/c1-6-8-10-12-14-16-18-20-22-24-26-28-30-32-34-36-37-38-39-40-41-43-45-47-49-51-53-55-57-59-61-63-65-67-69-71-77(81)78-75(74-85-86(82,83)84-73-72-79(3,4)5)76(80)70-68-66-64-62-60-58-56-54-52-50-48-46-44-42-35-33-31-29-27-25-23-21-19-17-15-13-11-9-7-2/h8,10,14,16,20,22,26,28,32,34,37-38,75-76,80H,6-7,9,11-13,15,17-19,21,23-25,27,29-31,33,35-36,39-74H2,1-5H3,(H-,78,81,82,83)/p+1/b10-8-,16-14-,22-20-,28-26-,34-32-,38-37-. The predicted octanol–water partition coefficient (Wildman–Crippen LogP) is 24.1. The molecule has 0 aliphatic carbocycles. The summed E-state index contributed by atoms with van der Waals surface area (Å²) in [6.45, 7) is 4.82. The number of carbonyl (C=O) groups excluding carboxylic acids is 1. The fraction of sp³-hybridized carbons (Fsp3) is 0.831. The molecule has 0 aliphatic heterocycles. The van der Waals surface area contributed by atoms with E-state index in [1.54, 1.807) is 0 Å². The fourth-order valence-electron chi connectivity index (χ4n) is 11.2. The summed E-state index contributed by atoms with van der Waals surface area (Å²) in [5.74, 6) is -0.140. The number of hydrogen-bond acceptors (Lipinski definition) is 5. The van der Waals surface area contributed by atoms with Crippen LogP contribution in [-0.4, -0.2) is 73.4 Å². The Bertz CT molecular complexity index is 1630. The first-order valence-electron chi connectivity index (χ1n) is 37.3. The number of allylic oxidation sites excluding steroid dienone is 12. The average Bonchev–Trinajstić information content (AvgIpc) is 3.70. The summed E-state index contributed by atoms with van der Waals surface area (Å²) in [4.78, 5) is 23.5. The van der Waals surface area contributed by atoms with Crippen LogP contribution >= 0.6 is 7.82 Å². The Morgan fingerprint density at radius 1 is 0.407 bits per heavy atom. The van der Waals surface area contributed by atoms with Crippen LogP contribution in [0.3, 0.4) is 0 Å². The highest BCUT2D eigenvalue weighted by Gasteiger charge is 2.28. The zero-order chi connectivity index (χ0) is 62.6. The quantitative estimate of drug-likeness (QED) is 0.0243. The maximum atomic E-state index is 13.1. The van der Waals surface area contributed by atoms with Crippen LogP contribution in [0.25, 0.3) is 0 Å². The highest BCUT2D eigenvalue weighted by molar-refractivity contribution is 7.47. The number of aliphatic hydroxyl groups is 1. The molecular formula is C77H146N2O6P+. The van der Waals surface area contributed by atoms with Crippen LogP contribution in [0.15, 0.2) is 72.9 Å². The number of phosphoric acid groups is 1. The largest absolute Gasteiger partial charge is 0.472 e. The maximum absolute atomic E-state index is 13.1. The number of unbranched alkanes of at least 4 members (excludes halogenated alkanes) is 44. The number of nitrogens with one attached hydrogen (secondary N) is 1. The second-order valence-corrected chi connectivity index (χ2v) is 28.1. The number of phosphoric ester groups is 1. The molecule has 8 nitrogen and oxygen atoms in total. The van der Waals surface area contributed by atoms with E-state index in [4.69, 9.17) is 9.05 Å². The Hall–Kier alpha value is -2.06. The Morgan fingerprint density at radius 3 is 1.02 bits per heavy atom. The van der Waals surface area contributed by atoms with E-state index in [9.17, 15) is 19.4 Å². The van der Waals surface area contributed by atoms with Gasteiger partial charge in [0.25, 0.3) is 0 Å². The molecule has 3 unspecified atom stereocenters. The minimum atomic E-state index is -4.33. The van der Waals surface area contributed by atoms with E-state index in [1.165, 1.54) is 257 Å². The van der Waals surface area contributed by atoms with Crippen LogP contribution in [-0.2, 0) is 18.4 Å². The fourth-order valence-corrected chi connectivity index (χ4v) is 12.0. The Balaban J connectivity index is 3.99. The van der Waals surface area contributed by atoms with Gasteiger partial charge in [0, 0.05) is 6.42 Å². The number of likely N-dealkylation sites (N-methyl/N-ethyl adjacent to an activating group) is 1. The van der Waals surface area contributed by atoms with Crippen molar-refractivity contribution in [3.8, 4) is 0 Å². The van der Waals surface area contributed by atoms with Crippen LogP contribution in [0.4, 0.5) is 0 Å². The van der Waals surface area contributed by atoms with Crippen molar-refractivity contribution in [3.05, 3.63) is 72.9 Å². The molecular weight excluding hydrogens is 1080 g/mol. The second kappa shape index (κ2) is 67.3. The van der Waals surface area contributed by atoms with Gasteiger partial charge in [-0.05, 0) is 64.2 Å². The monoisotopic (exact) mass is 1230 g/mol. The molecule has 86 heavy (non-hydrogen) atoms. The smallest absolute Gasteiger partial charge is 0.391 e. The molecule has 0 radical (unpaired) electrons. The summed E-state index contributed by atoms with van der Waals surface area (Å²) in [5.41, 5.74) is 0. The maximum Gasteiger partial charge on any atom is 0.472 e. The summed E-state index contributed by atoms with van der Waals surface area (Å²) < 4.78 is 23.9. The highest BCUT2D eigenvalue weighted by atomic mass is 31.2. The van der Waals surface area contributed by atoms with Crippen molar-refractivity contribution >= 4 is 13.7 Å². The van der Waals surface area contributed by atoms with E-state index in [0.717, 1.165) is 77.0 Å². The van der Waals surface area contributed by atoms with Crippen LogP contribution in [0.5, 0.6) is 0 Å². The van der Waals surface area contributed by atoms with Crippen molar-refractivity contribution in [1.29, 1.82) is 0 Å². The molecule has 0 aromatic rings. The Labute approximate surface area is 535 Å². The summed E-state index contributed by atoms with van der Waals surface area (Å²) in [6, 6.07) is -0.765. The molecule has 0 saturated carbocycles. The summed E-state index contributed by atoms with van der Waals surface area (Å²) in [5, 5.41) is 14.2. The lowest BCUT2D eigenvalue weighted by atomic mass is 10.0. The molecule has 0 aromatic carbocycles. The molecule has 0 spiro atoms. The molecule has 0 saturated heterocycles. The number of hydrogen-bond donors (Lipinski definition) is 3. The Kier molecular flexibility index (Phi) is 65.7. The third-order valence-electron chi connectivity index (χ3n) is 17.0. The molecule has 0 bridgehead atoms. The SMILES string of the molecule is CC/C=C\C/C=C\C/C=C\C/C=C\C/C=C\C/C=C\CCCCCCCCCCCCCCCCCCC(=O)NC(COP(=O)(O)OCC[N+](C)(C)C)C(O)CCCCCCCCCCCCCCCCCCCCCCCCCCCCCCC. The van der Waals surface area contributed by atoms with Crippen molar-refractivity contribution in [1.82, 2.24) is 5.32 Å². The molecule has 1 amide bonds. The van der Waals surface area contributed by atoms with E-state index in [0.29, 0.717) is 23.9 Å². The van der Waals surface area contributed by atoms with Gasteiger partial charge < -0.3 is 19.8 Å². The highest BCUT2D eigenvalue weighted by Crippen LogP contribution is 2.43. The second-order valence-electron chi connectivity index (χ2n) is 26.7. The van der Waals surface area contributed by atoms with Gasteiger partial charge in [-0.15, -0.1) is 0 Å². The van der Waals surface area contributed by atoms with Gasteiger partial charge in [0.1, 0.15) is 13.2 Å². The van der Waals surface area contributed by atoms with Gasteiger partial charge >= 0.3 is 7.82 Å². The summed E-state index contributed by atoms with van der Waals surface area (Å²) >= 11 is 0. The van der Waals surface area contributed by atoms with Gasteiger partial charge in [-0.1, -0.05) is 363 Å². The third kappa shape index (κ3) is 69.4. The molecule has 3 atom stereocenters. The van der Waals surface area contributed by atoms with Crippen molar-refractivity contribution < 1.29 is 32.9 Å². The number of amides is 1. The van der Waals surface area contributed by atoms with Gasteiger partial charge in [-0.3, -0.25) is 13.8 Å². The topological polar surface area (TPSA) is 105 Å². The van der Waals surface area contributed by atoms with Gasteiger partial charge in [0.2, 0.25) is 5.91 Å².